The molecule has 76 valence electrons. The molecule has 2 fully saturated rings. The first-order chi connectivity index (χ1) is 6.18. The van der Waals surface area contributed by atoms with Crippen LogP contribution in [0.15, 0.2) is 0 Å². The average Bonchev–Trinajstić information content (AvgIpc) is 2.09. The van der Waals surface area contributed by atoms with Crippen molar-refractivity contribution in [2.45, 2.75) is 45.2 Å². The second-order valence-electron chi connectivity index (χ2n) is 5.05. The van der Waals surface area contributed by atoms with Crippen molar-refractivity contribution >= 4 is 0 Å². The Bertz CT molecular complexity index is 181. The van der Waals surface area contributed by atoms with Gasteiger partial charge in [0.05, 0.1) is 0 Å². The Hall–Kier alpha value is -0.0800. The fraction of sp³-hybridized carbons (Fsp3) is 1.00. The Balaban J connectivity index is 1.88. The van der Waals surface area contributed by atoms with Gasteiger partial charge in [-0.2, -0.15) is 0 Å². The molecule has 0 aromatic rings. The smallest absolute Gasteiger partial charge is 0.0121 e. The van der Waals surface area contributed by atoms with Crippen molar-refractivity contribution in [2.75, 3.05) is 13.1 Å². The molecule has 0 radical (unpaired) electrons. The molecule has 0 spiro atoms. The van der Waals surface area contributed by atoms with E-state index in [0.29, 0.717) is 12.0 Å². The number of nitrogens with two attached hydrogens (primary N) is 1. The summed E-state index contributed by atoms with van der Waals surface area (Å²) in [5.74, 6) is 1.63. The van der Waals surface area contributed by atoms with Crippen molar-refractivity contribution in [1.82, 2.24) is 4.90 Å². The van der Waals surface area contributed by atoms with Gasteiger partial charge >= 0.3 is 0 Å². The summed E-state index contributed by atoms with van der Waals surface area (Å²) < 4.78 is 0. The second kappa shape index (κ2) is 3.58. The van der Waals surface area contributed by atoms with E-state index in [2.05, 4.69) is 18.7 Å². The zero-order valence-corrected chi connectivity index (χ0v) is 8.87. The maximum absolute atomic E-state index is 6.01. The Morgan fingerprint density at radius 2 is 1.85 bits per heavy atom. The maximum atomic E-state index is 6.01. The summed E-state index contributed by atoms with van der Waals surface area (Å²) in [7, 11) is 0. The van der Waals surface area contributed by atoms with Crippen LogP contribution in [0.1, 0.15) is 33.1 Å². The van der Waals surface area contributed by atoms with Crippen molar-refractivity contribution in [1.29, 1.82) is 0 Å². The van der Waals surface area contributed by atoms with Crippen LogP contribution in [0.3, 0.4) is 0 Å². The summed E-state index contributed by atoms with van der Waals surface area (Å²) >= 11 is 0. The third-order valence-electron chi connectivity index (χ3n) is 4.05. The number of likely N-dealkylation sites (tertiary alicyclic amines) is 1. The molecule has 0 aromatic heterocycles. The first-order valence-electron chi connectivity index (χ1n) is 5.68. The van der Waals surface area contributed by atoms with Gasteiger partial charge in [0.15, 0.2) is 0 Å². The highest BCUT2D eigenvalue weighted by atomic mass is 15.2. The monoisotopic (exact) mass is 182 g/mol. The summed E-state index contributed by atoms with van der Waals surface area (Å²) in [5, 5.41) is 0. The molecule has 2 rings (SSSR count). The number of nitrogens with zero attached hydrogens (tertiary/aromatic N) is 1. The van der Waals surface area contributed by atoms with Gasteiger partial charge in [0.25, 0.3) is 0 Å². The number of piperidine rings is 1. The van der Waals surface area contributed by atoms with E-state index in [9.17, 15) is 0 Å². The predicted octanol–water partition coefficient (Wildman–Crippen LogP) is 1.45. The quantitative estimate of drug-likeness (QED) is 0.665. The topological polar surface area (TPSA) is 29.3 Å². The van der Waals surface area contributed by atoms with Crippen LogP contribution >= 0.6 is 0 Å². The molecule has 4 atom stereocenters. The third kappa shape index (κ3) is 1.75. The van der Waals surface area contributed by atoms with Gasteiger partial charge in [-0.1, -0.05) is 13.8 Å². The third-order valence-corrected chi connectivity index (χ3v) is 4.05. The van der Waals surface area contributed by atoms with Gasteiger partial charge in [-0.25, -0.2) is 0 Å². The van der Waals surface area contributed by atoms with E-state index in [1.807, 2.05) is 0 Å². The van der Waals surface area contributed by atoms with E-state index in [-0.39, 0.29) is 0 Å². The zero-order chi connectivity index (χ0) is 9.42. The van der Waals surface area contributed by atoms with Crippen LogP contribution in [0.4, 0.5) is 0 Å². The van der Waals surface area contributed by atoms with Gasteiger partial charge in [0, 0.05) is 18.6 Å². The molecule has 1 aliphatic carbocycles. The lowest BCUT2D eigenvalue weighted by atomic mass is 9.78. The summed E-state index contributed by atoms with van der Waals surface area (Å²) in [6.45, 7) is 7.14. The molecule has 4 unspecified atom stereocenters. The van der Waals surface area contributed by atoms with Crippen molar-refractivity contribution < 1.29 is 0 Å². The molecule has 1 aliphatic heterocycles. The zero-order valence-electron chi connectivity index (χ0n) is 8.87. The SMILES string of the molecule is CC1CN(C2CCC2C)CCC1N. The molecule has 1 saturated carbocycles. The molecule has 2 nitrogen and oxygen atoms in total. The molecule has 1 heterocycles. The molecule has 2 aliphatic rings. The molecule has 0 aromatic carbocycles. The van der Waals surface area contributed by atoms with E-state index in [4.69, 9.17) is 5.73 Å². The van der Waals surface area contributed by atoms with E-state index >= 15 is 0 Å². The second-order valence-corrected chi connectivity index (χ2v) is 5.05. The highest BCUT2D eigenvalue weighted by molar-refractivity contribution is 4.90. The standard InChI is InChI=1S/C11H22N2/c1-8-3-4-11(8)13-6-5-10(12)9(2)7-13/h8-11H,3-7,12H2,1-2H3. The van der Waals surface area contributed by atoms with Gasteiger partial charge in [-0.05, 0) is 37.6 Å². The van der Waals surface area contributed by atoms with Crippen molar-refractivity contribution in [3.8, 4) is 0 Å². The van der Waals surface area contributed by atoms with Gasteiger partial charge in [0.1, 0.15) is 0 Å². The molecular formula is C11H22N2. The lowest BCUT2D eigenvalue weighted by Crippen LogP contribution is -2.54. The lowest BCUT2D eigenvalue weighted by Gasteiger charge is -2.47. The molecule has 0 bridgehead atoms. The Morgan fingerprint density at radius 3 is 2.31 bits per heavy atom. The summed E-state index contributed by atoms with van der Waals surface area (Å²) in [6.07, 6.45) is 4.05. The van der Waals surface area contributed by atoms with Crippen LogP contribution in [0.2, 0.25) is 0 Å². The molecule has 13 heavy (non-hydrogen) atoms. The van der Waals surface area contributed by atoms with Crippen molar-refractivity contribution in [3.05, 3.63) is 0 Å². The first-order valence-corrected chi connectivity index (χ1v) is 5.68. The maximum Gasteiger partial charge on any atom is 0.0121 e. The highest BCUT2D eigenvalue weighted by Gasteiger charge is 2.35. The van der Waals surface area contributed by atoms with Crippen LogP contribution in [-0.2, 0) is 0 Å². The summed E-state index contributed by atoms with van der Waals surface area (Å²) in [6, 6.07) is 1.33. The summed E-state index contributed by atoms with van der Waals surface area (Å²) in [4.78, 5) is 2.67. The first kappa shape index (κ1) is 9.47. The van der Waals surface area contributed by atoms with Crippen LogP contribution in [0, 0.1) is 11.8 Å². The van der Waals surface area contributed by atoms with Crippen LogP contribution in [-0.4, -0.2) is 30.1 Å². The van der Waals surface area contributed by atoms with E-state index in [1.54, 1.807) is 0 Å². The highest BCUT2D eigenvalue weighted by Crippen LogP contribution is 2.33. The Morgan fingerprint density at radius 1 is 1.08 bits per heavy atom. The summed E-state index contributed by atoms with van der Waals surface area (Å²) in [5.41, 5.74) is 6.01. The minimum absolute atomic E-state index is 0.451. The average molecular weight is 182 g/mol. The van der Waals surface area contributed by atoms with Gasteiger partial charge < -0.3 is 5.73 Å². The van der Waals surface area contributed by atoms with Gasteiger partial charge in [0.2, 0.25) is 0 Å². The predicted molar refractivity (Wildman–Crippen MR) is 55.5 cm³/mol. The number of hydrogen-bond acceptors (Lipinski definition) is 2. The number of rotatable bonds is 1. The Labute approximate surface area is 81.5 Å². The minimum atomic E-state index is 0.451. The van der Waals surface area contributed by atoms with E-state index in [1.165, 1.54) is 32.4 Å². The van der Waals surface area contributed by atoms with E-state index in [0.717, 1.165) is 12.0 Å². The molecular weight excluding hydrogens is 160 g/mol. The molecule has 0 amide bonds. The Kier molecular flexibility index (Phi) is 2.61. The largest absolute Gasteiger partial charge is 0.327 e. The van der Waals surface area contributed by atoms with Crippen molar-refractivity contribution in [3.63, 3.8) is 0 Å². The molecule has 2 heteroatoms. The lowest BCUT2D eigenvalue weighted by molar-refractivity contribution is 0.0331. The fourth-order valence-corrected chi connectivity index (χ4v) is 2.69. The van der Waals surface area contributed by atoms with Crippen LogP contribution in [0.25, 0.3) is 0 Å². The van der Waals surface area contributed by atoms with Gasteiger partial charge in [-0.15, -0.1) is 0 Å². The molecule has 1 saturated heterocycles. The van der Waals surface area contributed by atoms with Crippen molar-refractivity contribution in [2.24, 2.45) is 17.6 Å². The van der Waals surface area contributed by atoms with Crippen LogP contribution in [0.5, 0.6) is 0 Å². The fourth-order valence-electron chi connectivity index (χ4n) is 2.69. The minimum Gasteiger partial charge on any atom is -0.327 e. The normalized spacial score (nSPS) is 47.3. The van der Waals surface area contributed by atoms with Crippen LogP contribution < -0.4 is 5.73 Å². The number of hydrogen-bond donors (Lipinski definition) is 1. The van der Waals surface area contributed by atoms with E-state index < -0.39 is 0 Å². The van der Waals surface area contributed by atoms with Gasteiger partial charge in [-0.3, -0.25) is 4.90 Å². The molecule has 2 N–H and O–H groups in total.